The summed E-state index contributed by atoms with van der Waals surface area (Å²) in [6.07, 6.45) is 4.47. The predicted octanol–water partition coefficient (Wildman–Crippen LogP) is 3.57. The average Bonchev–Trinajstić information content (AvgIpc) is 3.07. The molecule has 140 valence electrons. The summed E-state index contributed by atoms with van der Waals surface area (Å²) in [6, 6.07) is 12.4. The lowest BCUT2D eigenvalue weighted by molar-refractivity contribution is 0.415. The fourth-order valence-electron chi connectivity index (χ4n) is 2.79. The first-order chi connectivity index (χ1) is 13.1. The molecule has 7 heteroatoms. The van der Waals surface area contributed by atoms with Crippen LogP contribution in [0.15, 0.2) is 52.7 Å². The number of fused-ring (bicyclic) bond motifs is 1. The van der Waals surface area contributed by atoms with Crippen molar-refractivity contribution < 1.29 is 4.74 Å². The minimum absolute atomic E-state index is 0.297. The van der Waals surface area contributed by atoms with E-state index in [1.807, 2.05) is 25.3 Å². The van der Waals surface area contributed by atoms with Gasteiger partial charge in [-0.1, -0.05) is 12.1 Å². The van der Waals surface area contributed by atoms with Gasteiger partial charge in [0.1, 0.15) is 5.75 Å². The number of benzene rings is 2. The Balaban J connectivity index is 1.60. The van der Waals surface area contributed by atoms with E-state index in [4.69, 9.17) is 10.5 Å². The maximum Gasteiger partial charge on any atom is 0.209 e. The number of H-pyrrole nitrogens is 1. The maximum atomic E-state index is 5.88. The molecule has 27 heavy (non-hydrogen) atoms. The summed E-state index contributed by atoms with van der Waals surface area (Å²) in [5, 5.41) is 5.24. The Morgan fingerprint density at radius 1 is 1.30 bits per heavy atom. The molecule has 1 aromatic heterocycles. The molecule has 0 aliphatic carbocycles. The third-order valence-corrected chi connectivity index (χ3v) is 4.93. The van der Waals surface area contributed by atoms with Crippen LogP contribution in [0.4, 0.5) is 0 Å². The molecule has 0 bridgehead atoms. The van der Waals surface area contributed by atoms with Crippen LogP contribution in [0.2, 0.25) is 0 Å². The number of methoxy groups -OCH3 is 1. The molecule has 3 rings (SSSR count). The van der Waals surface area contributed by atoms with Crippen molar-refractivity contribution in [3.8, 4) is 5.75 Å². The highest BCUT2D eigenvalue weighted by Gasteiger charge is 2.06. The number of guanidine groups is 1. The first-order valence-electron chi connectivity index (χ1n) is 8.56. The molecule has 0 aliphatic heterocycles. The number of aryl methyl sites for hydroxylation is 1. The van der Waals surface area contributed by atoms with Gasteiger partial charge in [0.2, 0.25) is 5.96 Å². The zero-order valence-corrected chi connectivity index (χ0v) is 17.4. The van der Waals surface area contributed by atoms with E-state index in [0.29, 0.717) is 12.5 Å². The van der Waals surface area contributed by atoms with E-state index >= 15 is 0 Å². The first kappa shape index (κ1) is 19.2. The Kier molecular flexibility index (Phi) is 6.33. The van der Waals surface area contributed by atoms with Gasteiger partial charge in [-0.3, -0.25) is 4.99 Å². The van der Waals surface area contributed by atoms with Crippen molar-refractivity contribution in [1.29, 1.82) is 0 Å². The van der Waals surface area contributed by atoms with Crippen molar-refractivity contribution in [1.82, 2.24) is 10.4 Å². The Morgan fingerprint density at radius 2 is 2.07 bits per heavy atom. The van der Waals surface area contributed by atoms with Crippen molar-refractivity contribution in [2.75, 3.05) is 13.7 Å². The zero-order valence-electron chi connectivity index (χ0n) is 15.3. The SMILES string of the molecule is COc1cc(C)c2[nH]cc(/C=N/NC(N)=NCCc3ccc(I)cc3)c2c1. The molecule has 0 unspecified atom stereocenters. The van der Waals surface area contributed by atoms with Crippen LogP contribution in [-0.4, -0.2) is 30.8 Å². The molecule has 0 saturated carbocycles. The minimum Gasteiger partial charge on any atom is -0.497 e. The Morgan fingerprint density at radius 3 is 2.81 bits per heavy atom. The summed E-state index contributed by atoms with van der Waals surface area (Å²) in [7, 11) is 1.66. The van der Waals surface area contributed by atoms with Gasteiger partial charge in [0, 0.05) is 32.8 Å². The molecule has 0 aliphatic rings. The van der Waals surface area contributed by atoms with Gasteiger partial charge >= 0.3 is 0 Å². The molecule has 0 radical (unpaired) electrons. The second-order valence-electron chi connectivity index (χ2n) is 6.12. The van der Waals surface area contributed by atoms with Gasteiger partial charge in [-0.25, -0.2) is 5.43 Å². The smallest absolute Gasteiger partial charge is 0.209 e. The third-order valence-electron chi connectivity index (χ3n) is 4.21. The van der Waals surface area contributed by atoms with E-state index in [-0.39, 0.29) is 0 Å². The average molecular weight is 475 g/mol. The van der Waals surface area contributed by atoms with Crippen LogP contribution in [0.3, 0.4) is 0 Å². The number of nitrogens with one attached hydrogen (secondary N) is 2. The van der Waals surface area contributed by atoms with Gasteiger partial charge in [-0.05, 0) is 71.3 Å². The summed E-state index contributed by atoms with van der Waals surface area (Å²) in [5.41, 5.74) is 13.0. The molecule has 0 saturated heterocycles. The second-order valence-corrected chi connectivity index (χ2v) is 7.37. The van der Waals surface area contributed by atoms with E-state index in [0.717, 1.165) is 34.2 Å². The Bertz CT molecular complexity index is 976. The largest absolute Gasteiger partial charge is 0.497 e. The highest BCUT2D eigenvalue weighted by Crippen LogP contribution is 2.26. The van der Waals surface area contributed by atoms with Crippen LogP contribution >= 0.6 is 22.6 Å². The molecule has 6 nitrogen and oxygen atoms in total. The van der Waals surface area contributed by atoms with Gasteiger partial charge in [-0.2, -0.15) is 5.10 Å². The summed E-state index contributed by atoms with van der Waals surface area (Å²) >= 11 is 2.29. The van der Waals surface area contributed by atoms with Crippen LogP contribution in [0, 0.1) is 10.5 Å². The number of hydrogen-bond donors (Lipinski definition) is 3. The molecule has 0 fully saturated rings. The van der Waals surface area contributed by atoms with Crippen molar-refractivity contribution in [3.05, 3.63) is 62.9 Å². The lowest BCUT2D eigenvalue weighted by Gasteiger charge is -2.03. The molecular formula is C20H22IN5O. The van der Waals surface area contributed by atoms with Crippen LogP contribution in [0.1, 0.15) is 16.7 Å². The van der Waals surface area contributed by atoms with E-state index in [2.05, 4.69) is 67.4 Å². The van der Waals surface area contributed by atoms with E-state index in [1.165, 1.54) is 9.13 Å². The third kappa shape index (κ3) is 5.00. The number of nitrogens with zero attached hydrogens (tertiary/aromatic N) is 2. The number of aromatic nitrogens is 1. The standard InChI is InChI=1S/C20H22IN5O/c1-13-9-17(27-2)10-18-15(11-24-19(13)18)12-25-26-20(22)23-8-7-14-3-5-16(21)6-4-14/h3-6,9-12,24H,7-8H2,1-2H3,(H3,22,23,26)/b25-12+. The first-order valence-corrected chi connectivity index (χ1v) is 9.64. The number of hydrogen-bond acceptors (Lipinski definition) is 3. The van der Waals surface area contributed by atoms with E-state index in [9.17, 15) is 0 Å². The van der Waals surface area contributed by atoms with Crippen molar-refractivity contribution in [3.63, 3.8) is 0 Å². The molecular weight excluding hydrogens is 453 g/mol. The number of nitrogens with two attached hydrogens (primary N) is 1. The number of rotatable bonds is 6. The minimum atomic E-state index is 0.297. The maximum absolute atomic E-state index is 5.88. The molecule has 1 heterocycles. The fourth-order valence-corrected chi connectivity index (χ4v) is 3.15. The second kappa shape index (κ2) is 8.90. The number of aromatic amines is 1. The molecule has 0 amide bonds. The normalized spacial score (nSPS) is 12.0. The van der Waals surface area contributed by atoms with Crippen molar-refractivity contribution >= 4 is 45.7 Å². The van der Waals surface area contributed by atoms with Gasteiger partial charge in [0.25, 0.3) is 0 Å². The summed E-state index contributed by atoms with van der Waals surface area (Å²) < 4.78 is 6.57. The van der Waals surface area contributed by atoms with Crippen LogP contribution < -0.4 is 15.9 Å². The molecule has 4 N–H and O–H groups in total. The quantitative estimate of drug-likeness (QED) is 0.221. The van der Waals surface area contributed by atoms with Gasteiger partial charge < -0.3 is 15.5 Å². The number of ether oxygens (including phenoxy) is 1. The van der Waals surface area contributed by atoms with Gasteiger partial charge in [0.05, 0.1) is 13.3 Å². The molecule has 0 spiro atoms. The van der Waals surface area contributed by atoms with Gasteiger partial charge in [0.15, 0.2) is 0 Å². The zero-order chi connectivity index (χ0) is 19.2. The number of halogens is 1. The molecule has 0 atom stereocenters. The topological polar surface area (TPSA) is 87.8 Å². The van der Waals surface area contributed by atoms with Crippen LogP contribution in [-0.2, 0) is 6.42 Å². The summed E-state index contributed by atoms with van der Waals surface area (Å²) in [4.78, 5) is 7.57. The lowest BCUT2D eigenvalue weighted by Crippen LogP contribution is -2.27. The van der Waals surface area contributed by atoms with E-state index < -0.39 is 0 Å². The van der Waals surface area contributed by atoms with E-state index in [1.54, 1.807) is 13.3 Å². The lowest BCUT2D eigenvalue weighted by atomic mass is 10.1. The summed E-state index contributed by atoms with van der Waals surface area (Å²) in [5.74, 6) is 1.12. The highest BCUT2D eigenvalue weighted by atomic mass is 127. The predicted molar refractivity (Wildman–Crippen MR) is 120 cm³/mol. The van der Waals surface area contributed by atoms with Crippen molar-refractivity contribution in [2.45, 2.75) is 13.3 Å². The number of hydrazone groups is 1. The Labute approximate surface area is 172 Å². The monoisotopic (exact) mass is 475 g/mol. The van der Waals surface area contributed by atoms with Crippen LogP contribution in [0.5, 0.6) is 5.75 Å². The Hall–Kier alpha value is -2.55. The molecule has 3 aromatic rings. The highest BCUT2D eigenvalue weighted by molar-refractivity contribution is 14.1. The van der Waals surface area contributed by atoms with Crippen molar-refractivity contribution in [2.24, 2.45) is 15.8 Å². The molecule has 2 aromatic carbocycles. The van der Waals surface area contributed by atoms with Crippen LogP contribution in [0.25, 0.3) is 10.9 Å². The number of aliphatic imine (C=N–C) groups is 1. The van der Waals surface area contributed by atoms with Gasteiger partial charge in [-0.15, -0.1) is 0 Å². The fraction of sp³-hybridized carbons (Fsp3) is 0.200. The summed E-state index contributed by atoms with van der Waals surface area (Å²) in [6.45, 7) is 2.65.